The third-order valence-electron chi connectivity index (χ3n) is 9.50. The molecule has 17 nitrogen and oxygen atoms in total. The van der Waals surface area contributed by atoms with Crippen LogP contribution in [-0.4, -0.2) is 117 Å². The minimum atomic E-state index is -1.41. The van der Waals surface area contributed by atoms with E-state index in [1.54, 1.807) is 20.0 Å². The third-order valence-corrected chi connectivity index (χ3v) is 10.8. The molecule has 0 fully saturated rings. The van der Waals surface area contributed by atoms with E-state index in [9.17, 15) is 43.8 Å². The number of aromatic hydroxyl groups is 1. The summed E-state index contributed by atoms with van der Waals surface area (Å²) in [6, 6.07) is 6.19. The number of carboxylic acids is 1. The van der Waals surface area contributed by atoms with Gasteiger partial charge < -0.3 is 53.2 Å². The van der Waals surface area contributed by atoms with Gasteiger partial charge in [-0.2, -0.15) is 23.5 Å². The van der Waals surface area contributed by atoms with Gasteiger partial charge in [-0.05, 0) is 84.9 Å². The number of rotatable bonds is 25. The number of nitrogens with one attached hydrogen (secondary N) is 6. The van der Waals surface area contributed by atoms with Crippen LogP contribution in [0.3, 0.4) is 0 Å². The van der Waals surface area contributed by atoms with E-state index in [0.717, 1.165) is 16.5 Å². The van der Waals surface area contributed by atoms with E-state index in [1.807, 2.05) is 36.8 Å². The molecule has 1 heterocycles. The summed E-state index contributed by atoms with van der Waals surface area (Å²) in [7, 11) is 0. The average molecular weight is 857 g/mol. The Bertz CT molecular complexity index is 1910. The molecular weight excluding hydrogens is 801 g/mol. The van der Waals surface area contributed by atoms with Crippen molar-refractivity contribution in [3.05, 3.63) is 65.9 Å². The number of primary amides is 1. The molecule has 0 aliphatic rings. The lowest BCUT2D eigenvalue weighted by Gasteiger charge is -2.28. The molecular formula is C40H56N8O9S2. The van der Waals surface area contributed by atoms with Crippen molar-refractivity contribution in [1.82, 2.24) is 31.6 Å². The highest BCUT2D eigenvalue weighted by Crippen LogP contribution is 2.19. The second kappa shape index (κ2) is 24.0. The van der Waals surface area contributed by atoms with Gasteiger partial charge in [0.15, 0.2) is 0 Å². The molecule has 0 saturated carbocycles. The van der Waals surface area contributed by atoms with Crippen LogP contribution >= 0.6 is 23.5 Å². The van der Waals surface area contributed by atoms with Crippen molar-refractivity contribution in [3.63, 3.8) is 0 Å². The summed E-state index contributed by atoms with van der Waals surface area (Å²) in [6.45, 7) is 3.41. The summed E-state index contributed by atoms with van der Waals surface area (Å²) in [4.78, 5) is 95.3. The Kier molecular flexibility index (Phi) is 19.5. The van der Waals surface area contributed by atoms with Crippen LogP contribution in [0.4, 0.5) is 0 Å². The zero-order chi connectivity index (χ0) is 43.6. The van der Waals surface area contributed by atoms with Crippen LogP contribution < -0.4 is 38.1 Å². The number of nitrogens with two attached hydrogens (primary N) is 2. The van der Waals surface area contributed by atoms with Gasteiger partial charge in [0.05, 0.1) is 6.04 Å². The molecule has 0 radical (unpaired) electrons. The van der Waals surface area contributed by atoms with E-state index in [2.05, 4.69) is 31.6 Å². The molecule has 0 aliphatic carbocycles. The molecule has 0 spiro atoms. The Morgan fingerprint density at radius 3 is 1.85 bits per heavy atom. The van der Waals surface area contributed by atoms with Crippen LogP contribution in [0.5, 0.6) is 5.75 Å². The first-order valence-electron chi connectivity index (χ1n) is 19.1. The van der Waals surface area contributed by atoms with Gasteiger partial charge in [0, 0.05) is 29.9 Å². The number of hydrogen-bond donors (Lipinski definition) is 10. The minimum absolute atomic E-state index is 0.0387. The largest absolute Gasteiger partial charge is 0.508 e. The number of phenolic OH excluding ortho intramolecular Hbond substituents is 1. The van der Waals surface area contributed by atoms with Crippen LogP contribution in [0.25, 0.3) is 10.9 Å². The number of thioether (sulfide) groups is 2. The number of aromatic amines is 1. The molecule has 322 valence electrons. The Morgan fingerprint density at radius 1 is 0.695 bits per heavy atom. The van der Waals surface area contributed by atoms with E-state index in [0.29, 0.717) is 23.5 Å². The summed E-state index contributed by atoms with van der Waals surface area (Å²) in [5, 5.41) is 33.4. The summed E-state index contributed by atoms with van der Waals surface area (Å²) >= 11 is 2.89. The monoisotopic (exact) mass is 856 g/mol. The van der Waals surface area contributed by atoms with Crippen LogP contribution in [-0.2, 0) is 46.4 Å². The molecule has 0 bridgehead atoms. The van der Waals surface area contributed by atoms with Crippen molar-refractivity contribution in [2.75, 3.05) is 24.0 Å². The number of para-hydroxylation sites is 1. The first-order chi connectivity index (χ1) is 28.0. The lowest BCUT2D eigenvalue weighted by molar-refractivity contribution is -0.138. The van der Waals surface area contributed by atoms with Gasteiger partial charge in [-0.1, -0.05) is 44.2 Å². The molecule has 6 atom stereocenters. The lowest BCUT2D eigenvalue weighted by Crippen LogP contribution is -2.60. The fraction of sp³-hybridized carbons (Fsp3) is 0.475. The highest BCUT2D eigenvalue weighted by Gasteiger charge is 2.34. The van der Waals surface area contributed by atoms with Crippen LogP contribution in [0.1, 0.15) is 50.7 Å². The van der Waals surface area contributed by atoms with Crippen molar-refractivity contribution >= 4 is 75.8 Å². The normalized spacial score (nSPS) is 14.3. The average Bonchev–Trinajstić information content (AvgIpc) is 3.60. The highest BCUT2D eigenvalue weighted by atomic mass is 32.2. The molecule has 3 rings (SSSR count). The second-order valence-corrected chi connectivity index (χ2v) is 16.4. The zero-order valence-corrected chi connectivity index (χ0v) is 35.3. The molecule has 19 heteroatoms. The number of fused-ring (bicyclic) bond motifs is 1. The van der Waals surface area contributed by atoms with Crippen molar-refractivity contribution < 1.29 is 43.8 Å². The molecule has 2 aromatic carbocycles. The first kappa shape index (κ1) is 48.1. The van der Waals surface area contributed by atoms with Crippen molar-refractivity contribution in [3.8, 4) is 5.75 Å². The predicted octanol–water partition coefficient (Wildman–Crippen LogP) is 0.922. The van der Waals surface area contributed by atoms with Crippen LogP contribution in [0.15, 0.2) is 54.7 Å². The lowest BCUT2D eigenvalue weighted by atomic mass is 10.0. The topological polar surface area (TPSA) is 288 Å². The summed E-state index contributed by atoms with van der Waals surface area (Å²) in [5.74, 6) is -5.12. The van der Waals surface area contributed by atoms with Crippen LogP contribution in [0, 0.1) is 5.92 Å². The van der Waals surface area contributed by atoms with Crippen molar-refractivity contribution in [1.29, 1.82) is 0 Å². The quantitative estimate of drug-likeness (QED) is 0.0570. The maximum absolute atomic E-state index is 14.1. The minimum Gasteiger partial charge on any atom is -0.508 e. The van der Waals surface area contributed by atoms with Crippen molar-refractivity contribution in [2.24, 2.45) is 17.4 Å². The van der Waals surface area contributed by atoms with E-state index < -0.39 is 90.0 Å². The molecule has 1 aromatic heterocycles. The van der Waals surface area contributed by atoms with Gasteiger partial charge in [-0.15, -0.1) is 0 Å². The van der Waals surface area contributed by atoms with Crippen LogP contribution in [0.2, 0.25) is 0 Å². The van der Waals surface area contributed by atoms with Crippen molar-refractivity contribution in [2.45, 2.75) is 88.6 Å². The zero-order valence-electron chi connectivity index (χ0n) is 33.6. The maximum atomic E-state index is 14.1. The van der Waals surface area contributed by atoms with Gasteiger partial charge in [0.2, 0.25) is 35.4 Å². The molecule has 12 N–H and O–H groups in total. The number of aliphatic carboxylic acids is 1. The molecule has 59 heavy (non-hydrogen) atoms. The number of phenols is 1. The van der Waals surface area contributed by atoms with E-state index >= 15 is 0 Å². The second-order valence-electron chi connectivity index (χ2n) is 14.4. The standard InChI is InChI=1S/C40H56N8O9S2/c1-22(2)34(40(57)44-29(35(42)52)15-17-58-3)48-38(55)31(16-18-59-4)46-39(56)32(19-23-9-11-25(49)12-10-23)47-37(54)30(13-14-33(50)51)45-36(53)27(41)20-24-21-43-28-8-6-5-7-26(24)28/h5-12,21-22,27,29-32,34,43,49H,13-20,41H2,1-4H3,(H2,42,52)(H,44,57)(H,45,53)(H,46,56)(H,47,54)(H,48,55)(H,50,51)/t27-,29+,30+,31-,32-,34-/m0/s1. The first-order valence-corrected chi connectivity index (χ1v) is 21.9. The van der Waals surface area contributed by atoms with E-state index in [1.165, 1.54) is 47.8 Å². The van der Waals surface area contributed by atoms with Gasteiger partial charge in [-0.3, -0.25) is 33.6 Å². The fourth-order valence-corrected chi connectivity index (χ4v) is 7.09. The fourth-order valence-electron chi connectivity index (χ4n) is 6.14. The molecule has 0 aliphatic heterocycles. The van der Waals surface area contributed by atoms with E-state index in [-0.39, 0.29) is 31.4 Å². The van der Waals surface area contributed by atoms with Gasteiger partial charge in [-0.25, -0.2) is 0 Å². The number of aromatic nitrogens is 1. The Balaban J connectivity index is 1.85. The molecule has 0 unspecified atom stereocenters. The van der Waals surface area contributed by atoms with Gasteiger partial charge in [0.1, 0.15) is 36.0 Å². The molecule has 3 aromatic rings. The summed E-state index contributed by atoms with van der Waals surface area (Å²) < 4.78 is 0. The number of carbonyl (C=O) groups excluding carboxylic acids is 6. The predicted molar refractivity (Wildman–Crippen MR) is 228 cm³/mol. The smallest absolute Gasteiger partial charge is 0.303 e. The number of amides is 6. The number of carbonyl (C=O) groups is 7. The number of hydrogen-bond acceptors (Lipinski definition) is 11. The third kappa shape index (κ3) is 15.4. The molecule has 6 amide bonds. The number of benzene rings is 2. The summed E-state index contributed by atoms with van der Waals surface area (Å²) in [6.07, 6.45) is 4.97. The Hall–Kier alpha value is -5.27. The summed E-state index contributed by atoms with van der Waals surface area (Å²) in [5.41, 5.74) is 13.9. The van der Waals surface area contributed by atoms with Gasteiger partial charge >= 0.3 is 5.97 Å². The highest BCUT2D eigenvalue weighted by molar-refractivity contribution is 7.98. The van der Waals surface area contributed by atoms with E-state index in [4.69, 9.17) is 11.5 Å². The maximum Gasteiger partial charge on any atom is 0.303 e. The SMILES string of the molecule is CSCC[C@H](NC(=O)[C@H](Cc1ccc(O)cc1)NC(=O)[C@@H](CCC(=O)O)NC(=O)[C@@H](N)Cc1c[nH]c2ccccc12)C(=O)N[C@H](C(=O)N[C@H](CCSC)C(N)=O)C(C)C. The Morgan fingerprint density at radius 2 is 1.24 bits per heavy atom. The Labute approximate surface area is 351 Å². The number of carboxylic acid groups (broad SMARTS) is 1. The molecule has 0 saturated heterocycles. The van der Waals surface area contributed by atoms with Gasteiger partial charge in [0.25, 0.3) is 0 Å². The number of H-pyrrole nitrogens is 1.